The molecule has 1 atom stereocenters. The van der Waals surface area contributed by atoms with Crippen molar-refractivity contribution in [3.05, 3.63) is 46.7 Å². The number of hydrogen-bond acceptors (Lipinski definition) is 6. The van der Waals surface area contributed by atoms with Crippen LogP contribution in [0.2, 0.25) is 5.02 Å². The van der Waals surface area contributed by atoms with Crippen molar-refractivity contribution in [1.82, 2.24) is 14.9 Å². The largest absolute Gasteiger partial charge is 0.450 e. The minimum Gasteiger partial charge on any atom is -0.450 e. The van der Waals surface area contributed by atoms with Crippen molar-refractivity contribution in [1.29, 1.82) is 0 Å². The Bertz CT molecular complexity index is 862. The molecular weight excluding hydrogens is 378 g/mol. The molecule has 0 aromatic carbocycles. The lowest BCUT2D eigenvalue weighted by Gasteiger charge is -2.23. The second-order valence-corrected chi connectivity index (χ2v) is 7.41. The van der Waals surface area contributed by atoms with Crippen LogP contribution >= 0.6 is 11.6 Å². The van der Waals surface area contributed by atoms with Crippen molar-refractivity contribution in [2.24, 2.45) is 0 Å². The maximum atomic E-state index is 12.0. The molecule has 0 spiro atoms. The lowest BCUT2D eigenvalue weighted by molar-refractivity contribution is 0.110. The Kier molecular flexibility index (Phi) is 5.52. The van der Waals surface area contributed by atoms with Gasteiger partial charge in [-0.15, -0.1) is 0 Å². The lowest BCUT2D eigenvalue weighted by atomic mass is 9.99. The second-order valence-electron chi connectivity index (χ2n) is 6.97. The Morgan fingerprint density at radius 3 is 3.07 bits per heavy atom. The lowest BCUT2D eigenvalue weighted by Crippen LogP contribution is -2.35. The van der Waals surface area contributed by atoms with Crippen molar-refractivity contribution in [3.63, 3.8) is 0 Å². The molecule has 8 heteroatoms. The zero-order chi connectivity index (χ0) is 19.5. The monoisotopic (exact) mass is 401 g/mol. The average molecular weight is 402 g/mol. The summed E-state index contributed by atoms with van der Waals surface area (Å²) in [4.78, 5) is 25.3. The van der Waals surface area contributed by atoms with Crippen LogP contribution in [0.15, 0.2) is 30.5 Å². The molecule has 0 saturated carbocycles. The van der Waals surface area contributed by atoms with Gasteiger partial charge in [0.25, 0.3) is 0 Å². The van der Waals surface area contributed by atoms with E-state index in [9.17, 15) is 4.79 Å². The summed E-state index contributed by atoms with van der Waals surface area (Å²) in [5.74, 6) is 1.94. The van der Waals surface area contributed by atoms with Gasteiger partial charge in [-0.1, -0.05) is 17.7 Å². The van der Waals surface area contributed by atoms with Gasteiger partial charge in [0.05, 0.1) is 17.3 Å². The molecule has 1 saturated heterocycles. The molecule has 2 aliphatic heterocycles. The molecule has 1 fully saturated rings. The van der Waals surface area contributed by atoms with Crippen LogP contribution in [0.3, 0.4) is 0 Å². The fourth-order valence-corrected chi connectivity index (χ4v) is 3.96. The minimum absolute atomic E-state index is 0.129. The Hall–Kier alpha value is -2.54. The van der Waals surface area contributed by atoms with Gasteiger partial charge in [0, 0.05) is 50.4 Å². The number of carbonyl (C=O) groups is 1. The van der Waals surface area contributed by atoms with Crippen LogP contribution < -0.4 is 10.2 Å². The van der Waals surface area contributed by atoms with Crippen LogP contribution in [0, 0.1) is 0 Å². The SMILES string of the molecule is CCOC(=O)N1CCCN(c2cccc(C3CNc4ncc(Cl)cc43)n2)CC1. The molecule has 4 rings (SSSR count). The zero-order valence-electron chi connectivity index (χ0n) is 15.9. The second kappa shape index (κ2) is 8.22. The number of rotatable bonds is 3. The van der Waals surface area contributed by atoms with Gasteiger partial charge in [-0.3, -0.25) is 0 Å². The van der Waals surface area contributed by atoms with Crippen LogP contribution in [0.5, 0.6) is 0 Å². The van der Waals surface area contributed by atoms with Crippen LogP contribution in [-0.4, -0.2) is 60.3 Å². The van der Waals surface area contributed by atoms with Gasteiger partial charge in [-0.2, -0.15) is 0 Å². The average Bonchev–Trinajstić information content (AvgIpc) is 2.95. The first-order valence-corrected chi connectivity index (χ1v) is 10.1. The van der Waals surface area contributed by atoms with Crippen LogP contribution in [-0.2, 0) is 4.74 Å². The summed E-state index contributed by atoms with van der Waals surface area (Å²) in [5.41, 5.74) is 2.08. The summed E-state index contributed by atoms with van der Waals surface area (Å²) in [6.45, 7) is 5.93. The molecule has 28 heavy (non-hydrogen) atoms. The maximum Gasteiger partial charge on any atom is 0.409 e. The molecule has 4 heterocycles. The standard InChI is InChI=1S/C20H24ClN5O2/c1-2-28-20(27)26-8-4-7-25(9-10-26)18-6-3-5-17(24-18)16-13-23-19-15(16)11-14(21)12-22-19/h3,5-6,11-12,16H,2,4,7-10,13H2,1H3,(H,22,23). The van der Waals surface area contributed by atoms with E-state index >= 15 is 0 Å². The summed E-state index contributed by atoms with van der Waals surface area (Å²) >= 11 is 6.15. The molecule has 2 aromatic heterocycles. The molecule has 2 aromatic rings. The number of nitrogens with one attached hydrogen (secondary N) is 1. The Morgan fingerprint density at radius 2 is 2.21 bits per heavy atom. The van der Waals surface area contributed by atoms with E-state index < -0.39 is 0 Å². The topological polar surface area (TPSA) is 70.6 Å². The van der Waals surface area contributed by atoms with E-state index in [2.05, 4.69) is 21.3 Å². The van der Waals surface area contributed by atoms with Crippen LogP contribution in [0.1, 0.15) is 30.5 Å². The number of hydrogen-bond donors (Lipinski definition) is 1. The van der Waals surface area contributed by atoms with Gasteiger partial charge >= 0.3 is 6.09 Å². The summed E-state index contributed by atoms with van der Waals surface area (Å²) in [5, 5.41) is 3.97. The molecule has 1 amide bonds. The molecule has 148 valence electrons. The summed E-state index contributed by atoms with van der Waals surface area (Å²) in [6.07, 6.45) is 2.31. The number of amides is 1. The fourth-order valence-electron chi connectivity index (χ4n) is 3.79. The van der Waals surface area contributed by atoms with Gasteiger partial charge < -0.3 is 19.9 Å². The Morgan fingerprint density at radius 1 is 1.32 bits per heavy atom. The molecule has 7 nitrogen and oxygen atoms in total. The van der Waals surface area contributed by atoms with Crippen molar-refractivity contribution in [3.8, 4) is 0 Å². The molecular formula is C20H24ClN5O2. The van der Waals surface area contributed by atoms with Crippen molar-refractivity contribution < 1.29 is 9.53 Å². The van der Waals surface area contributed by atoms with E-state index in [0.29, 0.717) is 24.7 Å². The molecule has 1 N–H and O–H groups in total. The first-order valence-electron chi connectivity index (χ1n) is 9.68. The molecule has 2 aliphatic rings. The normalized spacial score (nSPS) is 19.0. The van der Waals surface area contributed by atoms with Gasteiger partial charge in [0.2, 0.25) is 0 Å². The highest BCUT2D eigenvalue weighted by molar-refractivity contribution is 6.30. The van der Waals surface area contributed by atoms with E-state index in [1.54, 1.807) is 11.1 Å². The summed E-state index contributed by atoms with van der Waals surface area (Å²) in [6, 6.07) is 8.09. The number of anilines is 2. The molecule has 0 radical (unpaired) electrons. The predicted molar refractivity (Wildman–Crippen MR) is 109 cm³/mol. The number of fused-ring (bicyclic) bond motifs is 1. The smallest absolute Gasteiger partial charge is 0.409 e. The van der Waals surface area contributed by atoms with E-state index in [0.717, 1.165) is 48.9 Å². The summed E-state index contributed by atoms with van der Waals surface area (Å²) in [7, 11) is 0. The van der Waals surface area contributed by atoms with Crippen molar-refractivity contribution in [2.75, 3.05) is 49.5 Å². The number of ether oxygens (including phenoxy) is 1. The van der Waals surface area contributed by atoms with Crippen LogP contribution in [0.4, 0.5) is 16.4 Å². The van der Waals surface area contributed by atoms with Gasteiger partial charge in [0.1, 0.15) is 11.6 Å². The number of nitrogens with zero attached hydrogens (tertiary/aromatic N) is 4. The number of carbonyl (C=O) groups excluding carboxylic acids is 1. The van der Waals surface area contributed by atoms with Gasteiger partial charge in [-0.25, -0.2) is 14.8 Å². The summed E-state index contributed by atoms with van der Waals surface area (Å²) < 4.78 is 5.14. The Balaban J connectivity index is 1.51. The molecule has 0 bridgehead atoms. The van der Waals surface area contributed by atoms with Crippen molar-refractivity contribution >= 4 is 29.3 Å². The number of halogens is 1. The first kappa shape index (κ1) is 18.8. The number of aromatic nitrogens is 2. The molecule has 0 aliphatic carbocycles. The van der Waals surface area contributed by atoms with Crippen LogP contribution in [0.25, 0.3) is 0 Å². The third-order valence-electron chi connectivity index (χ3n) is 5.19. The number of pyridine rings is 2. The highest BCUT2D eigenvalue weighted by Crippen LogP contribution is 2.35. The maximum absolute atomic E-state index is 12.0. The highest BCUT2D eigenvalue weighted by Gasteiger charge is 2.27. The Labute approximate surface area is 169 Å². The van der Waals surface area contributed by atoms with E-state index in [4.69, 9.17) is 21.3 Å². The van der Waals surface area contributed by atoms with Crippen molar-refractivity contribution in [2.45, 2.75) is 19.3 Å². The van der Waals surface area contributed by atoms with Gasteiger partial charge in [0.15, 0.2) is 0 Å². The third-order valence-corrected chi connectivity index (χ3v) is 5.40. The minimum atomic E-state index is -0.232. The first-order chi connectivity index (χ1) is 13.7. The predicted octanol–water partition coefficient (Wildman–Crippen LogP) is 3.36. The van der Waals surface area contributed by atoms with Gasteiger partial charge in [-0.05, 0) is 31.5 Å². The highest BCUT2D eigenvalue weighted by atomic mass is 35.5. The van der Waals surface area contributed by atoms with E-state index in [-0.39, 0.29) is 12.0 Å². The quantitative estimate of drug-likeness (QED) is 0.850. The van der Waals surface area contributed by atoms with E-state index in [1.807, 2.05) is 25.1 Å². The third kappa shape index (κ3) is 3.85. The fraction of sp³-hybridized carbons (Fsp3) is 0.450. The molecule has 1 unspecified atom stereocenters. The van der Waals surface area contributed by atoms with E-state index in [1.165, 1.54) is 0 Å². The zero-order valence-corrected chi connectivity index (χ0v) is 16.7.